The van der Waals surface area contributed by atoms with Crippen molar-refractivity contribution in [3.8, 4) is 0 Å². The molecule has 2 heterocycles. The smallest absolute Gasteiger partial charge is 0.244 e. The lowest BCUT2D eigenvalue weighted by atomic mass is 9.82. The minimum Gasteiger partial charge on any atom is -0.340 e. The van der Waals surface area contributed by atoms with Crippen LogP contribution in [0.15, 0.2) is 24.3 Å². The van der Waals surface area contributed by atoms with E-state index in [1.165, 1.54) is 24.0 Å². The molecule has 1 aromatic rings. The second kappa shape index (κ2) is 5.80. The molecule has 0 saturated carbocycles. The van der Waals surface area contributed by atoms with Crippen molar-refractivity contribution < 1.29 is 4.79 Å². The Morgan fingerprint density at radius 1 is 1.33 bits per heavy atom. The number of benzene rings is 1. The molecular weight excluding hydrogens is 260 g/mol. The van der Waals surface area contributed by atoms with Crippen LogP contribution in [-0.2, 0) is 11.2 Å². The Balaban J connectivity index is 1.78. The van der Waals surface area contributed by atoms with Gasteiger partial charge in [-0.3, -0.25) is 4.79 Å². The average Bonchev–Trinajstić information content (AvgIpc) is 2.99. The van der Waals surface area contributed by atoms with E-state index >= 15 is 0 Å². The number of carbonyl (C=O) groups is 1. The monoisotopic (exact) mass is 286 g/mol. The summed E-state index contributed by atoms with van der Waals surface area (Å²) in [4.78, 5) is 15.0. The van der Waals surface area contributed by atoms with Crippen LogP contribution < -0.4 is 5.32 Å². The van der Waals surface area contributed by atoms with Gasteiger partial charge in [-0.1, -0.05) is 38.1 Å². The maximum absolute atomic E-state index is 12.9. The third-order valence-electron chi connectivity index (χ3n) is 5.61. The molecule has 0 aliphatic carbocycles. The van der Waals surface area contributed by atoms with E-state index in [2.05, 4.69) is 42.3 Å². The largest absolute Gasteiger partial charge is 0.340 e. The Morgan fingerprint density at radius 2 is 2.10 bits per heavy atom. The predicted octanol–water partition coefficient (Wildman–Crippen LogP) is 2.91. The van der Waals surface area contributed by atoms with Crippen LogP contribution in [0.4, 0.5) is 0 Å². The van der Waals surface area contributed by atoms with Crippen molar-refractivity contribution in [2.24, 2.45) is 5.41 Å². The Labute approximate surface area is 127 Å². The van der Waals surface area contributed by atoms with Crippen LogP contribution >= 0.6 is 0 Å². The summed E-state index contributed by atoms with van der Waals surface area (Å²) in [6, 6.07) is 8.23. The van der Waals surface area contributed by atoms with Crippen LogP contribution in [0.25, 0.3) is 0 Å². The maximum Gasteiger partial charge on any atom is 0.244 e. The van der Waals surface area contributed by atoms with E-state index in [0.29, 0.717) is 5.41 Å². The van der Waals surface area contributed by atoms with E-state index in [-0.39, 0.29) is 11.9 Å². The van der Waals surface area contributed by atoms with Crippen molar-refractivity contribution in [3.63, 3.8) is 0 Å². The fourth-order valence-electron chi connectivity index (χ4n) is 3.86. The average molecular weight is 286 g/mol. The van der Waals surface area contributed by atoms with Gasteiger partial charge in [0.2, 0.25) is 5.91 Å². The molecule has 1 atom stereocenters. The van der Waals surface area contributed by atoms with Gasteiger partial charge in [-0.2, -0.15) is 0 Å². The Bertz CT molecular complexity index is 522. The molecular formula is C18H26N2O. The molecule has 1 unspecified atom stereocenters. The second-order valence-corrected chi connectivity index (χ2v) is 6.55. The van der Waals surface area contributed by atoms with E-state index in [1.54, 1.807) is 0 Å². The van der Waals surface area contributed by atoms with Crippen LogP contribution in [0.2, 0.25) is 0 Å². The zero-order valence-electron chi connectivity index (χ0n) is 13.2. The molecule has 3 rings (SSSR count). The van der Waals surface area contributed by atoms with Crippen molar-refractivity contribution in [1.29, 1.82) is 0 Å². The number of likely N-dealkylation sites (tertiary alicyclic amines) is 1. The normalized spacial score (nSPS) is 23.9. The number of hydrogen-bond acceptors (Lipinski definition) is 2. The van der Waals surface area contributed by atoms with Crippen molar-refractivity contribution in [2.75, 3.05) is 19.6 Å². The number of nitrogens with zero attached hydrogens (tertiary/aromatic N) is 1. The third kappa shape index (κ3) is 2.59. The number of hydrogen-bond donors (Lipinski definition) is 1. The first kappa shape index (κ1) is 14.6. The van der Waals surface area contributed by atoms with Crippen LogP contribution in [0.5, 0.6) is 0 Å². The molecule has 1 N–H and O–H groups in total. The lowest BCUT2D eigenvalue weighted by Crippen LogP contribution is -2.43. The lowest BCUT2D eigenvalue weighted by molar-refractivity contribution is -0.133. The summed E-state index contributed by atoms with van der Waals surface area (Å²) in [6.45, 7) is 7.26. The molecule has 3 nitrogen and oxygen atoms in total. The number of nitrogens with one attached hydrogen (secondary N) is 1. The molecule has 1 saturated heterocycles. The van der Waals surface area contributed by atoms with E-state index in [1.807, 2.05) is 6.07 Å². The van der Waals surface area contributed by atoms with E-state index < -0.39 is 0 Å². The quantitative estimate of drug-likeness (QED) is 0.926. The van der Waals surface area contributed by atoms with Gasteiger partial charge in [0, 0.05) is 19.6 Å². The fraction of sp³-hybridized carbons (Fsp3) is 0.611. The molecule has 2 aliphatic rings. The molecule has 1 aromatic carbocycles. The summed E-state index contributed by atoms with van der Waals surface area (Å²) in [7, 11) is 0. The van der Waals surface area contributed by atoms with Crippen molar-refractivity contribution >= 4 is 5.91 Å². The zero-order valence-corrected chi connectivity index (χ0v) is 13.2. The van der Waals surface area contributed by atoms with Gasteiger partial charge in [0.25, 0.3) is 0 Å². The molecule has 3 heteroatoms. The Kier molecular flexibility index (Phi) is 4.03. The SMILES string of the molecule is CCC1(CC)CCN(C(=O)C2NCCc3ccccc32)C1. The van der Waals surface area contributed by atoms with Gasteiger partial charge in [-0.25, -0.2) is 0 Å². The lowest BCUT2D eigenvalue weighted by Gasteiger charge is -2.31. The molecule has 1 amide bonds. The number of fused-ring (bicyclic) bond motifs is 1. The van der Waals surface area contributed by atoms with Gasteiger partial charge in [0.05, 0.1) is 0 Å². The van der Waals surface area contributed by atoms with E-state index in [0.717, 1.165) is 32.5 Å². The molecule has 0 radical (unpaired) electrons. The van der Waals surface area contributed by atoms with Gasteiger partial charge in [-0.05, 0) is 42.2 Å². The first-order valence-electron chi connectivity index (χ1n) is 8.29. The van der Waals surface area contributed by atoms with Crippen LogP contribution in [-0.4, -0.2) is 30.4 Å². The highest BCUT2D eigenvalue weighted by molar-refractivity contribution is 5.84. The first-order chi connectivity index (χ1) is 10.2. The highest BCUT2D eigenvalue weighted by atomic mass is 16.2. The molecule has 2 aliphatic heterocycles. The van der Waals surface area contributed by atoms with Gasteiger partial charge >= 0.3 is 0 Å². The van der Waals surface area contributed by atoms with E-state index in [9.17, 15) is 4.79 Å². The van der Waals surface area contributed by atoms with Gasteiger partial charge < -0.3 is 10.2 Å². The summed E-state index contributed by atoms with van der Waals surface area (Å²) in [5, 5.41) is 3.42. The minimum atomic E-state index is -0.139. The van der Waals surface area contributed by atoms with Gasteiger partial charge in [0.1, 0.15) is 6.04 Å². The molecule has 0 bridgehead atoms. The highest BCUT2D eigenvalue weighted by Crippen LogP contribution is 2.38. The van der Waals surface area contributed by atoms with Crippen LogP contribution in [0.3, 0.4) is 0 Å². The Hall–Kier alpha value is -1.35. The maximum atomic E-state index is 12.9. The highest BCUT2D eigenvalue weighted by Gasteiger charge is 2.39. The topological polar surface area (TPSA) is 32.3 Å². The van der Waals surface area contributed by atoms with Crippen LogP contribution in [0, 0.1) is 5.41 Å². The minimum absolute atomic E-state index is 0.139. The molecule has 1 fully saturated rings. The molecule has 0 aromatic heterocycles. The third-order valence-corrected chi connectivity index (χ3v) is 5.61. The summed E-state index contributed by atoms with van der Waals surface area (Å²) in [6.07, 6.45) is 4.51. The summed E-state index contributed by atoms with van der Waals surface area (Å²) >= 11 is 0. The number of rotatable bonds is 3. The molecule has 0 spiro atoms. The molecule has 21 heavy (non-hydrogen) atoms. The standard InChI is InChI=1S/C18H26N2O/c1-3-18(4-2)10-12-20(13-18)17(21)16-15-8-6-5-7-14(15)9-11-19-16/h5-8,16,19H,3-4,9-13H2,1-2H3. The van der Waals surface area contributed by atoms with Crippen molar-refractivity contribution in [3.05, 3.63) is 35.4 Å². The van der Waals surface area contributed by atoms with Gasteiger partial charge in [0.15, 0.2) is 0 Å². The predicted molar refractivity (Wildman–Crippen MR) is 85.1 cm³/mol. The molecule has 114 valence electrons. The summed E-state index contributed by atoms with van der Waals surface area (Å²) in [5.74, 6) is 0.269. The van der Waals surface area contributed by atoms with E-state index in [4.69, 9.17) is 0 Å². The van der Waals surface area contributed by atoms with Crippen molar-refractivity contribution in [1.82, 2.24) is 10.2 Å². The second-order valence-electron chi connectivity index (χ2n) is 6.55. The Morgan fingerprint density at radius 3 is 2.81 bits per heavy atom. The van der Waals surface area contributed by atoms with Gasteiger partial charge in [-0.15, -0.1) is 0 Å². The van der Waals surface area contributed by atoms with Crippen molar-refractivity contribution in [2.45, 2.75) is 45.6 Å². The van der Waals surface area contributed by atoms with Crippen LogP contribution in [0.1, 0.15) is 50.3 Å². The fourth-order valence-corrected chi connectivity index (χ4v) is 3.86. The number of carbonyl (C=O) groups excluding carboxylic acids is 1. The zero-order chi connectivity index (χ0) is 14.9. The first-order valence-corrected chi connectivity index (χ1v) is 8.29. The number of amides is 1. The summed E-state index contributed by atoms with van der Waals surface area (Å²) in [5.41, 5.74) is 2.86. The summed E-state index contributed by atoms with van der Waals surface area (Å²) < 4.78 is 0.